The van der Waals surface area contributed by atoms with Crippen molar-refractivity contribution in [2.45, 2.75) is 24.9 Å². The maximum Gasteiger partial charge on any atom is 0.178 e. The fourth-order valence-electron chi connectivity index (χ4n) is 7.04. The van der Waals surface area contributed by atoms with Crippen LogP contribution in [0.4, 0.5) is 4.39 Å². The average Bonchev–Trinajstić information content (AvgIpc) is 3.29. The smallest absolute Gasteiger partial charge is 0.178 e. The summed E-state index contributed by atoms with van der Waals surface area (Å²) in [6.07, 6.45) is 4.26. The van der Waals surface area contributed by atoms with Crippen molar-refractivity contribution in [3.8, 4) is 39.9 Å². The highest BCUT2D eigenvalue weighted by atomic mass is 127. The van der Waals surface area contributed by atoms with Crippen LogP contribution in [0.5, 0.6) is 28.7 Å². The zero-order valence-electron chi connectivity index (χ0n) is 25.9. The molecule has 0 aromatic heterocycles. The molecular weight excluding hydrogens is 682 g/mol. The van der Waals surface area contributed by atoms with Gasteiger partial charge >= 0.3 is 0 Å². The minimum atomic E-state index is -1.07. The molecule has 2 aliphatic rings. The molecule has 0 atom stereocenters. The summed E-state index contributed by atoms with van der Waals surface area (Å²) in [5.74, 6) is 2.93. The Morgan fingerprint density at radius 1 is 0.689 bits per heavy atom. The Labute approximate surface area is 275 Å². The molecule has 1 aliphatic heterocycles. The largest absolute Gasteiger partial charge is 0.493 e. The van der Waals surface area contributed by atoms with E-state index in [0.29, 0.717) is 23.0 Å². The maximum atomic E-state index is 14.7. The first-order valence-electron chi connectivity index (χ1n) is 14.6. The topological polar surface area (TPSA) is 46.2 Å². The lowest BCUT2D eigenvalue weighted by atomic mass is 9.76. The molecule has 5 aromatic rings. The molecule has 0 N–H and O–H groups in total. The number of ether oxygens (including phenoxy) is 5. The van der Waals surface area contributed by atoms with E-state index in [0.717, 1.165) is 59.0 Å². The second-order valence-electron chi connectivity index (χ2n) is 11.8. The lowest BCUT2D eigenvalue weighted by molar-refractivity contribution is 0.162. The third-order valence-corrected chi connectivity index (χ3v) is 9.85. The lowest BCUT2D eigenvalue weighted by Crippen LogP contribution is -2.35. The van der Waals surface area contributed by atoms with Crippen molar-refractivity contribution in [1.29, 1.82) is 0 Å². The number of benzene rings is 5. The highest BCUT2D eigenvalue weighted by molar-refractivity contribution is 14.1. The van der Waals surface area contributed by atoms with E-state index in [1.54, 1.807) is 40.6 Å². The van der Waals surface area contributed by atoms with Crippen LogP contribution in [-0.4, -0.2) is 28.4 Å². The first-order chi connectivity index (χ1) is 21.7. The van der Waals surface area contributed by atoms with E-state index in [2.05, 4.69) is 66.8 Å². The highest BCUT2D eigenvalue weighted by Gasteiger charge is 2.45. The molecule has 228 valence electrons. The van der Waals surface area contributed by atoms with Gasteiger partial charge in [0.25, 0.3) is 0 Å². The van der Waals surface area contributed by atoms with Gasteiger partial charge in [0.15, 0.2) is 28.6 Å². The monoisotopic (exact) mass is 714 g/mol. The van der Waals surface area contributed by atoms with Crippen molar-refractivity contribution in [2.75, 3.05) is 28.4 Å². The standard InChI is InChI=1S/C38H32FIO5/c1-37(2)29-19-23(39)9-11-26(29)34-25-12-10-24(40)20-28(25)36-27(35(34)37)15-16-38(45-36,21-7-13-30(41-3)32(17-21)43-5)22-8-14-31(42-4)33(18-22)44-6/h7-20H,1-6H3. The van der Waals surface area contributed by atoms with Crippen LogP contribution in [0.1, 0.15) is 41.7 Å². The van der Waals surface area contributed by atoms with Crippen LogP contribution in [-0.2, 0) is 11.0 Å². The Bertz CT molecular complexity index is 1990. The molecule has 5 aromatic carbocycles. The molecule has 7 rings (SSSR count). The third kappa shape index (κ3) is 4.30. The zero-order valence-corrected chi connectivity index (χ0v) is 28.0. The van der Waals surface area contributed by atoms with Crippen LogP contribution in [0, 0.1) is 9.39 Å². The zero-order chi connectivity index (χ0) is 31.7. The van der Waals surface area contributed by atoms with Crippen molar-refractivity contribution < 1.29 is 28.1 Å². The van der Waals surface area contributed by atoms with Crippen molar-refractivity contribution in [3.63, 3.8) is 0 Å². The van der Waals surface area contributed by atoms with E-state index >= 15 is 0 Å². The van der Waals surface area contributed by atoms with E-state index in [9.17, 15) is 4.39 Å². The van der Waals surface area contributed by atoms with Crippen LogP contribution in [0.15, 0.2) is 78.9 Å². The summed E-state index contributed by atoms with van der Waals surface area (Å²) >= 11 is 2.34. The fraction of sp³-hybridized carbons (Fsp3) is 0.211. The van der Waals surface area contributed by atoms with Gasteiger partial charge in [-0.25, -0.2) is 4.39 Å². The molecule has 45 heavy (non-hydrogen) atoms. The first-order valence-corrected chi connectivity index (χ1v) is 15.7. The van der Waals surface area contributed by atoms with Gasteiger partial charge in [-0.15, -0.1) is 0 Å². The van der Waals surface area contributed by atoms with Gasteiger partial charge in [-0.1, -0.05) is 44.2 Å². The van der Waals surface area contributed by atoms with Gasteiger partial charge in [0, 0.05) is 31.1 Å². The van der Waals surface area contributed by atoms with Gasteiger partial charge in [-0.05, 0) is 105 Å². The number of hydrogen-bond acceptors (Lipinski definition) is 5. The van der Waals surface area contributed by atoms with Crippen molar-refractivity contribution in [1.82, 2.24) is 0 Å². The van der Waals surface area contributed by atoms with Crippen molar-refractivity contribution in [2.24, 2.45) is 0 Å². The predicted octanol–water partition coefficient (Wildman–Crippen LogP) is 9.27. The third-order valence-electron chi connectivity index (χ3n) is 9.18. The number of hydrogen-bond donors (Lipinski definition) is 0. The first kappa shape index (κ1) is 29.5. The summed E-state index contributed by atoms with van der Waals surface area (Å²) in [5.41, 5.74) is 5.40. The number of methoxy groups -OCH3 is 4. The van der Waals surface area contributed by atoms with Crippen LogP contribution in [0.3, 0.4) is 0 Å². The minimum absolute atomic E-state index is 0.241. The van der Waals surface area contributed by atoms with E-state index in [1.165, 1.54) is 0 Å². The second kappa shape index (κ2) is 10.7. The Morgan fingerprint density at radius 2 is 1.31 bits per heavy atom. The summed E-state index contributed by atoms with van der Waals surface area (Å²) in [5, 5.41) is 2.05. The van der Waals surface area contributed by atoms with Crippen molar-refractivity contribution in [3.05, 3.63) is 116 Å². The molecule has 0 saturated heterocycles. The molecule has 0 radical (unpaired) electrons. The molecule has 5 nitrogen and oxygen atoms in total. The molecule has 0 fully saturated rings. The van der Waals surface area contributed by atoms with Gasteiger partial charge in [-0.3, -0.25) is 0 Å². The molecule has 7 heteroatoms. The predicted molar refractivity (Wildman–Crippen MR) is 184 cm³/mol. The number of halogens is 2. The SMILES string of the molecule is COc1ccc(C2(c3ccc(OC)c(OC)c3)C=Cc3c4c(c5ccc(I)cc5c3O2)-c2ccc(F)cc2C4(C)C)cc1OC. The van der Waals surface area contributed by atoms with Gasteiger partial charge in [0.05, 0.1) is 28.4 Å². The molecule has 1 heterocycles. The normalized spacial score (nSPS) is 15.1. The van der Waals surface area contributed by atoms with Crippen LogP contribution in [0.2, 0.25) is 0 Å². The van der Waals surface area contributed by atoms with E-state index in [4.69, 9.17) is 23.7 Å². The summed E-state index contributed by atoms with van der Waals surface area (Å²) in [6.45, 7) is 4.32. The molecular formula is C38H32FIO5. The van der Waals surface area contributed by atoms with Gasteiger partial charge in [-0.2, -0.15) is 0 Å². The van der Waals surface area contributed by atoms with Crippen LogP contribution in [0.25, 0.3) is 28.0 Å². The van der Waals surface area contributed by atoms with E-state index in [1.807, 2.05) is 42.5 Å². The van der Waals surface area contributed by atoms with Crippen molar-refractivity contribution >= 4 is 39.4 Å². The molecule has 0 unspecified atom stereocenters. The molecule has 0 saturated carbocycles. The van der Waals surface area contributed by atoms with E-state index in [-0.39, 0.29) is 5.82 Å². The molecule has 0 amide bonds. The van der Waals surface area contributed by atoms with E-state index < -0.39 is 11.0 Å². The number of rotatable bonds is 6. The van der Waals surface area contributed by atoms with Crippen LogP contribution >= 0.6 is 22.6 Å². The fourth-order valence-corrected chi connectivity index (χ4v) is 7.53. The second-order valence-corrected chi connectivity index (χ2v) is 13.1. The van der Waals surface area contributed by atoms with Gasteiger partial charge < -0.3 is 23.7 Å². The summed E-state index contributed by atoms with van der Waals surface area (Å²) in [4.78, 5) is 0. The molecule has 0 bridgehead atoms. The summed E-state index contributed by atoms with van der Waals surface area (Å²) < 4.78 is 45.8. The maximum absolute atomic E-state index is 14.7. The average molecular weight is 715 g/mol. The summed E-state index contributed by atoms with van der Waals surface area (Å²) in [6, 6.07) is 23.2. The molecule has 0 spiro atoms. The Balaban J connectivity index is 1.56. The minimum Gasteiger partial charge on any atom is -0.493 e. The van der Waals surface area contributed by atoms with Gasteiger partial charge in [0.2, 0.25) is 0 Å². The quantitative estimate of drug-likeness (QED) is 0.164. The lowest BCUT2D eigenvalue weighted by Gasteiger charge is -2.38. The number of fused-ring (bicyclic) bond motifs is 8. The molecule has 1 aliphatic carbocycles. The Morgan fingerprint density at radius 3 is 1.91 bits per heavy atom. The van der Waals surface area contributed by atoms with Crippen LogP contribution < -0.4 is 23.7 Å². The highest BCUT2D eigenvalue weighted by Crippen LogP contribution is 2.58. The Kier molecular flexibility index (Phi) is 7.00. The van der Waals surface area contributed by atoms with Gasteiger partial charge in [0.1, 0.15) is 11.6 Å². The Hall–Kier alpha value is -4.24. The summed E-state index contributed by atoms with van der Waals surface area (Å²) in [7, 11) is 6.49.